The molecule has 0 amide bonds. The molecule has 0 aliphatic rings. The van der Waals surface area contributed by atoms with Gasteiger partial charge < -0.3 is 0 Å². The van der Waals surface area contributed by atoms with E-state index in [0.717, 1.165) is 6.42 Å². The molecular formula is C17H21Cl. The zero-order valence-corrected chi connectivity index (χ0v) is 12.2. The van der Waals surface area contributed by atoms with Gasteiger partial charge in [-0.3, -0.25) is 0 Å². The van der Waals surface area contributed by atoms with Crippen molar-refractivity contribution in [2.45, 2.75) is 39.0 Å². The molecule has 0 nitrogen and oxygen atoms in total. The van der Waals surface area contributed by atoms with Crippen molar-refractivity contribution < 1.29 is 0 Å². The minimum absolute atomic E-state index is 0.124. The van der Waals surface area contributed by atoms with E-state index < -0.39 is 0 Å². The summed E-state index contributed by atoms with van der Waals surface area (Å²) >= 11 is 6.63. The van der Waals surface area contributed by atoms with Gasteiger partial charge in [-0.05, 0) is 47.6 Å². The second kappa shape index (κ2) is 5.75. The topological polar surface area (TPSA) is 0 Å². The van der Waals surface area contributed by atoms with Gasteiger partial charge >= 0.3 is 0 Å². The van der Waals surface area contributed by atoms with Gasteiger partial charge in [-0.25, -0.2) is 0 Å². The molecule has 0 aliphatic heterocycles. The summed E-state index contributed by atoms with van der Waals surface area (Å²) in [7, 11) is 0. The van der Waals surface area contributed by atoms with Crippen LogP contribution in [0.4, 0.5) is 0 Å². The van der Waals surface area contributed by atoms with E-state index in [1.807, 2.05) is 0 Å². The fourth-order valence-corrected chi connectivity index (χ4v) is 2.86. The fourth-order valence-electron chi connectivity index (χ4n) is 2.44. The molecule has 1 atom stereocenters. The highest BCUT2D eigenvalue weighted by Gasteiger charge is 2.14. The molecule has 2 rings (SSSR count). The van der Waals surface area contributed by atoms with Gasteiger partial charge in [0.25, 0.3) is 0 Å². The first kappa shape index (κ1) is 13.4. The van der Waals surface area contributed by atoms with Crippen LogP contribution in [0.1, 0.15) is 43.2 Å². The Labute approximate surface area is 115 Å². The lowest BCUT2D eigenvalue weighted by Gasteiger charge is -2.17. The number of halogens is 1. The number of hydrogen-bond donors (Lipinski definition) is 0. The van der Waals surface area contributed by atoms with E-state index in [1.165, 1.54) is 28.3 Å². The summed E-state index contributed by atoms with van der Waals surface area (Å²) < 4.78 is 0. The van der Waals surface area contributed by atoms with Gasteiger partial charge in [-0.15, -0.1) is 11.6 Å². The summed E-state index contributed by atoms with van der Waals surface area (Å²) in [5.74, 6) is 0.710. The van der Waals surface area contributed by atoms with Crippen molar-refractivity contribution in [3.8, 4) is 0 Å². The van der Waals surface area contributed by atoms with Gasteiger partial charge in [0.05, 0.1) is 5.38 Å². The molecule has 0 radical (unpaired) electrons. The van der Waals surface area contributed by atoms with Crippen LogP contribution in [0.5, 0.6) is 0 Å². The van der Waals surface area contributed by atoms with E-state index in [-0.39, 0.29) is 5.38 Å². The van der Waals surface area contributed by atoms with Crippen molar-refractivity contribution in [3.63, 3.8) is 0 Å². The average molecular weight is 261 g/mol. The lowest BCUT2D eigenvalue weighted by atomic mass is 9.94. The van der Waals surface area contributed by atoms with Crippen LogP contribution in [-0.2, 0) is 0 Å². The van der Waals surface area contributed by atoms with Crippen LogP contribution >= 0.6 is 11.6 Å². The highest BCUT2D eigenvalue weighted by molar-refractivity contribution is 6.22. The minimum atomic E-state index is 0.124. The van der Waals surface area contributed by atoms with Crippen molar-refractivity contribution in [1.82, 2.24) is 0 Å². The first-order chi connectivity index (χ1) is 8.59. The highest BCUT2D eigenvalue weighted by Crippen LogP contribution is 2.35. The Bertz CT molecular complexity index is 528. The molecule has 0 saturated heterocycles. The number of rotatable bonds is 4. The van der Waals surface area contributed by atoms with Crippen molar-refractivity contribution in [1.29, 1.82) is 0 Å². The van der Waals surface area contributed by atoms with Gasteiger partial charge in [0.1, 0.15) is 0 Å². The fraction of sp³-hybridized carbons (Fsp3) is 0.412. The lowest BCUT2D eigenvalue weighted by Crippen LogP contribution is -1.98. The standard InChI is InChI=1S/C17H21Cl/c1-12(2)8-11-16(18)17-13(3)9-10-14-6-4-5-7-15(14)17/h4-7,9-10,12,16H,8,11H2,1-3H3. The molecule has 1 heteroatoms. The zero-order valence-electron chi connectivity index (χ0n) is 11.4. The predicted octanol–water partition coefficient (Wildman–Crippen LogP) is 5.86. The Kier molecular flexibility index (Phi) is 4.29. The first-order valence-electron chi connectivity index (χ1n) is 6.72. The van der Waals surface area contributed by atoms with Gasteiger partial charge in [0, 0.05) is 0 Å². The lowest BCUT2D eigenvalue weighted by molar-refractivity contribution is 0.549. The van der Waals surface area contributed by atoms with Gasteiger partial charge in [-0.2, -0.15) is 0 Å². The smallest absolute Gasteiger partial charge is 0.0594 e. The minimum Gasteiger partial charge on any atom is -0.118 e. The number of aryl methyl sites for hydroxylation is 1. The molecule has 0 aromatic heterocycles. The van der Waals surface area contributed by atoms with E-state index in [0.29, 0.717) is 5.92 Å². The van der Waals surface area contributed by atoms with E-state index in [4.69, 9.17) is 11.6 Å². The van der Waals surface area contributed by atoms with Crippen LogP contribution in [0.25, 0.3) is 10.8 Å². The molecule has 2 aromatic carbocycles. The quantitative estimate of drug-likeness (QED) is 0.604. The zero-order chi connectivity index (χ0) is 13.1. The summed E-state index contributed by atoms with van der Waals surface area (Å²) in [6.45, 7) is 6.66. The molecule has 0 saturated carbocycles. The number of hydrogen-bond acceptors (Lipinski definition) is 0. The maximum atomic E-state index is 6.63. The van der Waals surface area contributed by atoms with Crippen LogP contribution in [0, 0.1) is 12.8 Å². The van der Waals surface area contributed by atoms with Gasteiger partial charge in [0.2, 0.25) is 0 Å². The normalized spacial score (nSPS) is 13.2. The van der Waals surface area contributed by atoms with Crippen LogP contribution in [-0.4, -0.2) is 0 Å². The summed E-state index contributed by atoms with van der Waals surface area (Å²) in [5, 5.41) is 2.72. The number of benzene rings is 2. The maximum absolute atomic E-state index is 6.63. The van der Waals surface area contributed by atoms with E-state index in [2.05, 4.69) is 57.2 Å². The van der Waals surface area contributed by atoms with Crippen LogP contribution in [0.2, 0.25) is 0 Å². The van der Waals surface area contributed by atoms with E-state index in [1.54, 1.807) is 0 Å². The Morgan fingerprint density at radius 2 is 1.72 bits per heavy atom. The second-order valence-corrected chi connectivity index (χ2v) is 5.98. The molecular weight excluding hydrogens is 240 g/mol. The van der Waals surface area contributed by atoms with Gasteiger partial charge in [-0.1, -0.05) is 50.2 Å². The summed E-state index contributed by atoms with van der Waals surface area (Å²) in [6, 6.07) is 12.9. The largest absolute Gasteiger partial charge is 0.118 e. The summed E-state index contributed by atoms with van der Waals surface area (Å²) in [6.07, 6.45) is 2.23. The maximum Gasteiger partial charge on any atom is 0.0594 e. The van der Waals surface area contributed by atoms with E-state index >= 15 is 0 Å². The van der Waals surface area contributed by atoms with E-state index in [9.17, 15) is 0 Å². The molecule has 0 bridgehead atoms. The Morgan fingerprint density at radius 1 is 1.00 bits per heavy atom. The van der Waals surface area contributed by atoms with Crippen molar-refractivity contribution in [2.75, 3.05) is 0 Å². The van der Waals surface area contributed by atoms with Crippen molar-refractivity contribution in [2.24, 2.45) is 5.92 Å². The van der Waals surface area contributed by atoms with Crippen LogP contribution in [0.3, 0.4) is 0 Å². The molecule has 0 spiro atoms. The van der Waals surface area contributed by atoms with Crippen LogP contribution in [0.15, 0.2) is 36.4 Å². The summed E-state index contributed by atoms with van der Waals surface area (Å²) in [4.78, 5) is 0. The number of fused-ring (bicyclic) bond motifs is 1. The molecule has 2 aromatic rings. The first-order valence-corrected chi connectivity index (χ1v) is 7.15. The molecule has 1 unspecified atom stereocenters. The molecule has 0 aliphatic carbocycles. The Hall–Kier alpha value is -1.01. The third kappa shape index (κ3) is 2.87. The van der Waals surface area contributed by atoms with Gasteiger partial charge in [0.15, 0.2) is 0 Å². The molecule has 0 fully saturated rings. The monoisotopic (exact) mass is 260 g/mol. The highest BCUT2D eigenvalue weighted by atomic mass is 35.5. The number of alkyl halides is 1. The summed E-state index contributed by atoms with van der Waals surface area (Å²) in [5.41, 5.74) is 2.62. The molecule has 0 heterocycles. The SMILES string of the molecule is Cc1ccc2ccccc2c1C(Cl)CCC(C)C. The Balaban J connectivity index is 2.39. The molecule has 96 valence electrons. The van der Waals surface area contributed by atoms with Crippen molar-refractivity contribution >= 4 is 22.4 Å². The Morgan fingerprint density at radius 3 is 2.44 bits per heavy atom. The van der Waals surface area contributed by atoms with Crippen LogP contribution < -0.4 is 0 Å². The predicted molar refractivity (Wildman–Crippen MR) is 81.4 cm³/mol. The second-order valence-electron chi connectivity index (χ2n) is 5.46. The van der Waals surface area contributed by atoms with Crippen molar-refractivity contribution in [3.05, 3.63) is 47.5 Å². The molecule has 18 heavy (non-hydrogen) atoms. The average Bonchev–Trinajstić information content (AvgIpc) is 2.36. The third-order valence-electron chi connectivity index (χ3n) is 3.50. The third-order valence-corrected chi connectivity index (χ3v) is 3.94. The molecule has 0 N–H and O–H groups in total.